The van der Waals surface area contributed by atoms with Crippen molar-refractivity contribution in [1.82, 2.24) is 4.31 Å². The molecule has 0 saturated carbocycles. The molecule has 0 radical (unpaired) electrons. The first-order chi connectivity index (χ1) is 13.0. The van der Waals surface area contributed by atoms with Crippen molar-refractivity contribution in [2.24, 2.45) is 5.16 Å². The predicted octanol–water partition coefficient (Wildman–Crippen LogP) is 3.17. The van der Waals surface area contributed by atoms with Crippen molar-refractivity contribution in [3.05, 3.63) is 65.7 Å². The quantitative estimate of drug-likeness (QED) is 0.256. The number of hydrogen-bond donors (Lipinski definition) is 0. The summed E-state index contributed by atoms with van der Waals surface area (Å²) in [7, 11) is -3.67. The van der Waals surface area contributed by atoms with Gasteiger partial charge in [0.15, 0.2) is 0 Å². The van der Waals surface area contributed by atoms with Crippen LogP contribution in [0.3, 0.4) is 0 Å². The molecule has 0 bridgehead atoms. The van der Waals surface area contributed by atoms with Crippen LogP contribution in [0.5, 0.6) is 0 Å². The molecule has 0 aliphatic rings. The van der Waals surface area contributed by atoms with Gasteiger partial charge in [0.1, 0.15) is 12.9 Å². The van der Waals surface area contributed by atoms with E-state index in [1.807, 2.05) is 37.3 Å². The second-order valence-corrected chi connectivity index (χ2v) is 7.97. The van der Waals surface area contributed by atoms with Crippen LogP contribution in [0.25, 0.3) is 0 Å². The van der Waals surface area contributed by atoms with Crippen LogP contribution in [0.2, 0.25) is 0 Å². The summed E-state index contributed by atoms with van der Waals surface area (Å²) in [5, 5.41) is 3.86. The summed E-state index contributed by atoms with van der Waals surface area (Å²) in [4.78, 5) is 16.0. The maximum Gasteiger partial charge on any atom is 0.243 e. The van der Waals surface area contributed by atoms with E-state index in [9.17, 15) is 13.2 Å². The Hall–Kier alpha value is -2.51. The number of carbonyl (C=O) groups excluding carboxylic acids is 1. The lowest BCUT2D eigenvalue weighted by Crippen LogP contribution is -2.33. The van der Waals surface area contributed by atoms with Crippen LogP contribution in [0.1, 0.15) is 24.0 Å². The van der Waals surface area contributed by atoms with E-state index >= 15 is 0 Å². The number of aldehydes is 1. The molecule has 2 rings (SSSR count). The van der Waals surface area contributed by atoms with E-state index in [-0.39, 0.29) is 18.0 Å². The Kier molecular flexibility index (Phi) is 8.16. The Morgan fingerprint density at radius 2 is 1.78 bits per heavy atom. The lowest BCUT2D eigenvalue weighted by molar-refractivity contribution is -0.107. The first kappa shape index (κ1) is 20.8. The van der Waals surface area contributed by atoms with Crippen molar-refractivity contribution >= 4 is 22.5 Å². The first-order valence-corrected chi connectivity index (χ1v) is 10.2. The lowest BCUT2D eigenvalue weighted by Gasteiger charge is -2.20. The average molecular weight is 388 g/mol. The molecule has 2 aromatic carbocycles. The molecule has 0 N–H and O–H groups in total. The van der Waals surface area contributed by atoms with Gasteiger partial charge in [-0.2, -0.15) is 4.31 Å². The van der Waals surface area contributed by atoms with Crippen LogP contribution in [-0.2, 0) is 26.3 Å². The number of sulfonamides is 1. The summed E-state index contributed by atoms with van der Waals surface area (Å²) in [6, 6.07) is 16.3. The minimum atomic E-state index is -3.67. The van der Waals surface area contributed by atoms with Gasteiger partial charge in [-0.25, -0.2) is 8.42 Å². The van der Waals surface area contributed by atoms with Crippen LogP contribution in [0, 0.1) is 6.92 Å². The second-order valence-electron chi connectivity index (χ2n) is 6.03. The lowest BCUT2D eigenvalue weighted by atomic mass is 10.2. The second kappa shape index (κ2) is 10.6. The Labute approximate surface area is 160 Å². The fraction of sp³-hybridized carbons (Fsp3) is 0.300. The summed E-state index contributed by atoms with van der Waals surface area (Å²) < 4.78 is 27.0. The molecule has 2 aromatic rings. The van der Waals surface area contributed by atoms with E-state index in [1.54, 1.807) is 24.3 Å². The van der Waals surface area contributed by atoms with Gasteiger partial charge in [0, 0.05) is 13.0 Å². The highest BCUT2D eigenvalue weighted by atomic mass is 32.2. The van der Waals surface area contributed by atoms with Crippen molar-refractivity contribution < 1.29 is 18.0 Å². The largest absolute Gasteiger partial charge is 0.391 e. The fourth-order valence-electron chi connectivity index (χ4n) is 2.38. The van der Waals surface area contributed by atoms with Crippen molar-refractivity contribution in [1.29, 1.82) is 0 Å². The van der Waals surface area contributed by atoms with E-state index in [0.717, 1.165) is 17.4 Å². The normalized spacial score (nSPS) is 11.8. The molecule has 0 aliphatic carbocycles. The number of benzene rings is 2. The third-order valence-electron chi connectivity index (χ3n) is 3.90. The molecule has 0 fully saturated rings. The minimum absolute atomic E-state index is 0.0733. The summed E-state index contributed by atoms with van der Waals surface area (Å²) >= 11 is 0. The predicted molar refractivity (Wildman–Crippen MR) is 105 cm³/mol. The van der Waals surface area contributed by atoms with Crippen molar-refractivity contribution in [3.63, 3.8) is 0 Å². The molecule has 0 heterocycles. The van der Waals surface area contributed by atoms with Gasteiger partial charge in [0.2, 0.25) is 10.0 Å². The highest BCUT2D eigenvalue weighted by Crippen LogP contribution is 2.16. The van der Waals surface area contributed by atoms with Crippen LogP contribution >= 0.6 is 0 Å². The Morgan fingerprint density at radius 3 is 2.44 bits per heavy atom. The fourth-order valence-corrected chi connectivity index (χ4v) is 3.79. The van der Waals surface area contributed by atoms with E-state index < -0.39 is 10.0 Å². The minimum Gasteiger partial charge on any atom is -0.391 e. The number of carbonyl (C=O) groups is 1. The SMILES string of the molecule is Cc1ccc(S(=O)(=O)N(C/C=N/OCc2ccccc2)CCCC=O)cc1. The molecule has 6 nitrogen and oxygen atoms in total. The van der Waals surface area contributed by atoms with Gasteiger partial charge >= 0.3 is 0 Å². The van der Waals surface area contributed by atoms with Crippen molar-refractivity contribution in [2.75, 3.05) is 13.1 Å². The zero-order valence-corrected chi connectivity index (χ0v) is 16.1. The molecule has 0 unspecified atom stereocenters. The van der Waals surface area contributed by atoms with E-state index in [0.29, 0.717) is 19.4 Å². The third kappa shape index (κ3) is 6.62. The van der Waals surface area contributed by atoms with E-state index in [2.05, 4.69) is 5.16 Å². The van der Waals surface area contributed by atoms with Gasteiger partial charge in [-0.05, 0) is 31.0 Å². The Balaban J connectivity index is 2.01. The maximum atomic E-state index is 12.9. The monoisotopic (exact) mass is 388 g/mol. The number of nitrogens with zero attached hydrogens (tertiary/aromatic N) is 2. The highest BCUT2D eigenvalue weighted by molar-refractivity contribution is 7.89. The summed E-state index contributed by atoms with van der Waals surface area (Å²) in [5.41, 5.74) is 1.96. The van der Waals surface area contributed by atoms with Crippen molar-refractivity contribution in [3.8, 4) is 0 Å². The first-order valence-electron chi connectivity index (χ1n) is 8.72. The average Bonchev–Trinajstić information content (AvgIpc) is 2.67. The number of rotatable bonds is 11. The van der Waals surface area contributed by atoms with Crippen LogP contribution in [0.15, 0.2) is 64.6 Å². The number of aryl methyl sites for hydroxylation is 1. The molecule has 0 atom stereocenters. The van der Waals surface area contributed by atoms with Gasteiger partial charge in [-0.3, -0.25) is 0 Å². The van der Waals surface area contributed by atoms with E-state index in [1.165, 1.54) is 10.5 Å². The zero-order chi connectivity index (χ0) is 19.5. The Morgan fingerprint density at radius 1 is 1.07 bits per heavy atom. The molecular weight excluding hydrogens is 364 g/mol. The summed E-state index contributed by atoms with van der Waals surface area (Å²) in [5.74, 6) is 0. The number of unbranched alkanes of at least 4 members (excludes halogenated alkanes) is 1. The van der Waals surface area contributed by atoms with E-state index in [4.69, 9.17) is 4.84 Å². The molecule has 0 aromatic heterocycles. The van der Waals surface area contributed by atoms with Crippen LogP contribution in [0.4, 0.5) is 0 Å². The zero-order valence-electron chi connectivity index (χ0n) is 15.3. The molecule has 0 saturated heterocycles. The number of oxime groups is 1. The van der Waals surface area contributed by atoms with Gasteiger partial charge in [0.25, 0.3) is 0 Å². The molecular formula is C20H24N2O4S. The van der Waals surface area contributed by atoms with Gasteiger partial charge in [-0.15, -0.1) is 0 Å². The summed E-state index contributed by atoms with van der Waals surface area (Å²) in [6.07, 6.45) is 2.97. The molecule has 7 heteroatoms. The molecule has 0 amide bonds. The smallest absolute Gasteiger partial charge is 0.243 e. The highest BCUT2D eigenvalue weighted by Gasteiger charge is 2.23. The number of hydrogen-bond acceptors (Lipinski definition) is 5. The topological polar surface area (TPSA) is 76.0 Å². The van der Waals surface area contributed by atoms with Crippen molar-refractivity contribution in [2.45, 2.75) is 31.3 Å². The molecule has 27 heavy (non-hydrogen) atoms. The molecule has 0 aliphatic heterocycles. The van der Waals surface area contributed by atoms with Gasteiger partial charge in [0.05, 0.1) is 17.7 Å². The van der Waals surface area contributed by atoms with Crippen LogP contribution in [-0.4, -0.2) is 38.3 Å². The molecule has 0 spiro atoms. The maximum absolute atomic E-state index is 12.9. The van der Waals surface area contributed by atoms with Gasteiger partial charge in [-0.1, -0.05) is 53.2 Å². The third-order valence-corrected chi connectivity index (χ3v) is 5.78. The summed E-state index contributed by atoms with van der Waals surface area (Å²) in [6.45, 7) is 2.52. The molecule has 144 valence electrons. The Bertz CT molecular complexity index is 834. The van der Waals surface area contributed by atoms with Gasteiger partial charge < -0.3 is 9.63 Å². The standard InChI is InChI=1S/C20H24N2O4S/c1-18-9-11-20(12-10-18)27(24,25)22(14-5-6-16-23)15-13-21-26-17-19-7-3-2-4-8-19/h2-4,7-13,16H,5-6,14-15,17H2,1H3/b21-13+. The van der Waals surface area contributed by atoms with Crippen LogP contribution < -0.4 is 0 Å².